The molecule has 0 aromatic heterocycles. The number of piperidine rings is 2. The third-order valence-corrected chi connectivity index (χ3v) is 8.78. The minimum atomic E-state index is -0.613. The smallest absolute Gasteiger partial charge is 0.255 e. The summed E-state index contributed by atoms with van der Waals surface area (Å²) in [6.45, 7) is 7.96. The third-order valence-electron chi connectivity index (χ3n) is 8.78. The van der Waals surface area contributed by atoms with Gasteiger partial charge in [0.05, 0.1) is 13.2 Å². The first-order chi connectivity index (χ1) is 20.5. The first-order valence-electron chi connectivity index (χ1n) is 15.2. The van der Waals surface area contributed by atoms with Gasteiger partial charge < -0.3 is 19.1 Å². The number of fused-ring (bicyclic) bond motifs is 1. The van der Waals surface area contributed by atoms with E-state index in [1.807, 2.05) is 12.1 Å². The Morgan fingerprint density at radius 2 is 1.71 bits per heavy atom. The van der Waals surface area contributed by atoms with Crippen molar-refractivity contribution < 1.29 is 28.6 Å². The van der Waals surface area contributed by atoms with E-state index in [4.69, 9.17) is 14.2 Å². The zero-order valence-corrected chi connectivity index (χ0v) is 24.1. The molecule has 0 spiro atoms. The summed E-state index contributed by atoms with van der Waals surface area (Å²) in [4.78, 5) is 43.3. The van der Waals surface area contributed by atoms with Crippen molar-refractivity contribution >= 4 is 17.7 Å². The van der Waals surface area contributed by atoms with Crippen molar-refractivity contribution in [2.24, 2.45) is 0 Å². The molecule has 0 bridgehead atoms. The Bertz CT molecular complexity index is 1280. The number of rotatable bonds is 10. The van der Waals surface area contributed by atoms with Crippen LogP contribution in [0.2, 0.25) is 0 Å². The number of nitrogens with one attached hydrogen (secondary N) is 1. The lowest BCUT2D eigenvalue weighted by Gasteiger charge is -2.35. The number of ether oxygens (including phenoxy) is 3. The normalized spacial score (nSPS) is 23.5. The van der Waals surface area contributed by atoms with Crippen LogP contribution in [0, 0.1) is 0 Å². The third kappa shape index (κ3) is 6.77. The molecular weight excluding hydrogens is 536 g/mol. The van der Waals surface area contributed by atoms with Gasteiger partial charge in [0.1, 0.15) is 30.8 Å². The molecule has 10 nitrogen and oxygen atoms in total. The van der Waals surface area contributed by atoms with E-state index in [2.05, 4.69) is 39.4 Å². The van der Waals surface area contributed by atoms with Crippen LogP contribution in [0.3, 0.4) is 0 Å². The van der Waals surface area contributed by atoms with Crippen LogP contribution in [-0.2, 0) is 27.4 Å². The van der Waals surface area contributed by atoms with Crippen LogP contribution in [0.4, 0.5) is 0 Å². The number of hydrogen-bond donors (Lipinski definition) is 1. The van der Waals surface area contributed by atoms with Crippen LogP contribution in [0.25, 0.3) is 0 Å². The van der Waals surface area contributed by atoms with Crippen LogP contribution in [0.1, 0.15) is 53.6 Å². The minimum Gasteiger partial charge on any atom is -0.492 e. The molecule has 3 amide bonds. The Balaban J connectivity index is 1.00. The summed E-state index contributed by atoms with van der Waals surface area (Å²) in [5, 5.41) is 2.35. The van der Waals surface area contributed by atoms with Gasteiger partial charge in [0.15, 0.2) is 0 Å². The Kier molecular flexibility index (Phi) is 9.02. The first-order valence-corrected chi connectivity index (χ1v) is 15.2. The molecule has 2 unspecified atom stereocenters. The molecule has 0 radical (unpaired) electrons. The summed E-state index contributed by atoms with van der Waals surface area (Å²) >= 11 is 0. The monoisotopic (exact) mass is 576 g/mol. The molecule has 2 atom stereocenters. The van der Waals surface area contributed by atoms with Crippen LogP contribution in [-0.4, -0.2) is 97.1 Å². The van der Waals surface area contributed by atoms with E-state index in [9.17, 15) is 14.4 Å². The molecule has 4 aliphatic heterocycles. The number of carbonyl (C=O) groups excluding carboxylic acids is 3. The van der Waals surface area contributed by atoms with E-state index in [0.29, 0.717) is 37.8 Å². The summed E-state index contributed by atoms with van der Waals surface area (Å²) in [6.07, 6.45) is 4.04. The number of nitrogens with zero attached hydrogens (tertiary/aromatic N) is 3. The summed E-state index contributed by atoms with van der Waals surface area (Å²) in [7, 11) is 0. The van der Waals surface area contributed by atoms with Gasteiger partial charge in [-0.05, 0) is 67.3 Å². The Morgan fingerprint density at radius 3 is 2.52 bits per heavy atom. The largest absolute Gasteiger partial charge is 0.492 e. The molecule has 3 fully saturated rings. The zero-order valence-electron chi connectivity index (χ0n) is 24.1. The summed E-state index contributed by atoms with van der Waals surface area (Å²) in [5.41, 5.74) is 2.71. The maximum Gasteiger partial charge on any atom is 0.255 e. The van der Waals surface area contributed by atoms with Gasteiger partial charge in [0.2, 0.25) is 11.8 Å². The Morgan fingerprint density at radius 1 is 0.905 bits per heavy atom. The fraction of sp³-hybridized carbons (Fsp3) is 0.531. The van der Waals surface area contributed by atoms with Gasteiger partial charge in [-0.15, -0.1) is 0 Å². The zero-order chi connectivity index (χ0) is 28.9. The van der Waals surface area contributed by atoms with Crippen LogP contribution in [0.15, 0.2) is 42.5 Å². The van der Waals surface area contributed by atoms with Crippen molar-refractivity contribution in [2.45, 2.75) is 57.3 Å². The molecule has 3 saturated heterocycles. The standard InChI is InChI=1S/C32H40N4O6/c37-30-11-10-29(31(38)33-30)36-21-24-19-27(8-9-28(24)32(36)39)42-22-25-3-1-2-12-35(25)20-23-4-6-26(7-5-23)41-18-15-34-13-16-40-17-14-34/h4-9,19,25,29H,1-3,10-18,20-22H2,(H,33,37,38). The number of carbonyl (C=O) groups is 3. The van der Waals surface area contributed by atoms with Crippen molar-refractivity contribution in [3.05, 3.63) is 59.2 Å². The molecule has 6 rings (SSSR count). The number of benzene rings is 2. The van der Waals surface area contributed by atoms with Crippen LogP contribution < -0.4 is 14.8 Å². The highest BCUT2D eigenvalue weighted by molar-refractivity contribution is 6.05. The van der Waals surface area contributed by atoms with Gasteiger partial charge in [-0.3, -0.25) is 29.5 Å². The molecule has 42 heavy (non-hydrogen) atoms. The highest BCUT2D eigenvalue weighted by Gasteiger charge is 2.39. The number of likely N-dealkylation sites (tertiary alicyclic amines) is 1. The van der Waals surface area contributed by atoms with Gasteiger partial charge in [0, 0.05) is 50.7 Å². The molecule has 4 aliphatic rings. The lowest BCUT2D eigenvalue weighted by Crippen LogP contribution is -2.52. The Labute approximate surface area is 246 Å². The van der Waals surface area contributed by atoms with Crippen molar-refractivity contribution in [1.82, 2.24) is 20.0 Å². The number of hydrogen-bond acceptors (Lipinski definition) is 8. The van der Waals surface area contributed by atoms with Crippen LogP contribution in [0.5, 0.6) is 11.5 Å². The van der Waals surface area contributed by atoms with E-state index < -0.39 is 11.9 Å². The predicted octanol–water partition coefficient (Wildman–Crippen LogP) is 2.59. The quantitative estimate of drug-likeness (QED) is 0.431. The van der Waals surface area contributed by atoms with Crippen LogP contribution >= 0.6 is 0 Å². The maximum atomic E-state index is 13.0. The highest BCUT2D eigenvalue weighted by atomic mass is 16.5. The highest BCUT2D eigenvalue weighted by Crippen LogP contribution is 2.31. The minimum absolute atomic E-state index is 0.168. The van der Waals surface area contributed by atoms with Crippen molar-refractivity contribution in [2.75, 3.05) is 52.6 Å². The Hall–Kier alpha value is -3.47. The number of amides is 3. The van der Waals surface area contributed by atoms with E-state index >= 15 is 0 Å². The van der Waals surface area contributed by atoms with Gasteiger partial charge in [-0.2, -0.15) is 0 Å². The molecule has 0 aliphatic carbocycles. The second kappa shape index (κ2) is 13.2. The summed E-state index contributed by atoms with van der Waals surface area (Å²) in [6, 6.07) is 13.7. The molecule has 1 N–H and O–H groups in total. The van der Waals surface area contributed by atoms with Gasteiger partial charge in [-0.1, -0.05) is 18.6 Å². The average Bonchev–Trinajstić information content (AvgIpc) is 3.33. The second-order valence-corrected chi connectivity index (χ2v) is 11.6. The van der Waals surface area contributed by atoms with Gasteiger partial charge >= 0.3 is 0 Å². The maximum absolute atomic E-state index is 13.0. The molecule has 4 heterocycles. The van der Waals surface area contributed by atoms with E-state index in [0.717, 1.165) is 69.4 Å². The summed E-state index contributed by atoms with van der Waals surface area (Å²) < 4.78 is 17.7. The predicted molar refractivity (Wildman–Crippen MR) is 155 cm³/mol. The molecule has 2 aromatic carbocycles. The molecule has 10 heteroatoms. The molecule has 2 aromatic rings. The van der Waals surface area contributed by atoms with Crippen molar-refractivity contribution in [1.29, 1.82) is 0 Å². The molecular formula is C32H40N4O6. The van der Waals surface area contributed by atoms with Crippen molar-refractivity contribution in [3.8, 4) is 11.5 Å². The average molecular weight is 577 g/mol. The molecule has 0 saturated carbocycles. The summed E-state index contributed by atoms with van der Waals surface area (Å²) in [5.74, 6) is 0.784. The molecule has 224 valence electrons. The SMILES string of the molecule is O=C1CCC(N2Cc3cc(OCC4CCCCN4Cc4ccc(OCCN5CCOCC5)cc4)ccc3C2=O)C(=O)N1. The fourth-order valence-corrected chi connectivity index (χ4v) is 6.33. The lowest BCUT2D eigenvalue weighted by atomic mass is 10.0. The van der Waals surface area contributed by atoms with E-state index in [1.165, 1.54) is 18.4 Å². The topological polar surface area (TPSA) is 101 Å². The van der Waals surface area contributed by atoms with Crippen molar-refractivity contribution in [3.63, 3.8) is 0 Å². The van der Waals surface area contributed by atoms with E-state index in [1.54, 1.807) is 11.0 Å². The number of morpholine rings is 1. The fourth-order valence-electron chi connectivity index (χ4n) is 6.33. The van der Waals surface area contributed by atoms with E-state index in [-0.39, 0.29) is 18.2 Å². The lowest BCUT2D eigenvalue weighted by molar-refractivity contribution is -0.136. The van der Waals surface area contributed by atoms with Gasteiger partial charge in [0.25, 0.3) is 5.91 Å². The van der Waals surface area contributed by atoms with Gasteiger partial charge in [-0.25, -0.2) is 0 Å². The number of imide groups is 1. The second-order valence-electron chi connectivity index (χ2n) is 11.6. The first kappa shape index (κ1) is 28.6.